The monoisotopic (exact) mass is 777 g/mol. The largest absolute Gasteiger partial charge is 0.416 e. The van der Waals surface area contributed by atoms with Gasteiger partial charge in [0.15, 0.2) is 0 Å². The molecular weight excluding hydrogens is 736 g/mol. The minimum absolute atomic E-state index is 0. The van der Waals surface area contributed by atoms with Gasteiger partial charge in [-0.05, 0) is 142 Å². The molecule has 55 heavy (non-hydrogen) atoms. The molecule has 3 aromatic carbocycles. The van der Waals surface area contributed by atoms with E-state index in [2.05, 4.69) is 16.5 Å². The first-order valence-electron chi connectivity index (χ1n) is 17.5. The van der Waals surface area contributed by atoms with Crippen LogP contribution in [0.25, 0.3) is 22.8 Å². The molecule has 0 atom stereocenters. The molecule has 0 spiro atoms. The lowest BCUT2D eigenvalue weighted by Gasteiger charge is -2.30. The Morgan fingerprint density at radius 3 is 2.27 bits per heavy atom. The quantitative estimate of drug-likeness (QED) is 0.134. The van der Waals surface area contributed by atoms with E-state index < -0.39 is 33.6 Å². The van der Waals surface area contributed by atoms with Crippen LogP contribution in [0.5, 0.6) is 0 Å². The molecule has 0 radical (unpaired) electrons. The van der Waals surface area contributed by atoms with Crippen LogP contribution in [0, 0.1) is 38.0 Å². The van der Waals surface area contributed by atoms with E-state index in [0.29, 0.717) is 61.0 Å². The third kappa shape index (κ3) is 8.00. The van der Waals surface area contributed by atoms with Crippen molar-refractivity contribution >= 4 is 16.1 Å². The molecule has 1 fully saturated rings. The van der Waals surface area contributed by atoms with E-state index in [1.807, 2.05) is 13.8 Å². The Balaban J connectivity index is 0.00000580. The second kappa shape index (κ2) is 15.7. The summed E-state index contributed by atoms with van der Waals surface area (Å²) in [7, 11) is -4.41. The fraction of sp³-hybridized carbons (Fsp3) is 0.333. The Labute approximate surface area is 316 Å². The van der Waals surface area contributed by atoms with Crippen molar-refractivity contribution in [2.24, 2.45) is 5.92 Å². The van der Waals surface area contributed by atoms with E-state index in [4.69, 9.17) is 0 Å². The van der Waals surface area contributed by atoms with Crippen molar-refractivity contribution in [1.29, 1.82) is 5.26 Å². The van der Waals surface area contributed by atoms with E-state index in [-0.39, 0.29) is 40.1 Å². The van der Waals surface area contributed by atoms with Crippen LogP contribution in [-0.2, 0) is 29.1 Å². The zero-order valence-electron chi connectivity index (χ0n) is 30.8. The van der Waals surface area contributed by atoms with Crippen LogP contribution in [0.2, 0.25) is 0 Å². The Morgan fingerprint density at radius 1 is 1.00 bits per heavy atom. The van der Waals surface area contributed by atoms with Gasteiger partial charge in [0.1, 0.15) is 5.69 Å². The third-order valence-electron chi connectivity index (χ3n) is 10.4. The van der Waals surface area contributed by atoms with Crippen LogP contribution in [0.4, 0.5) is 18.0 Å². The van der Waals surface area contributed by atoms with E-state index >= 15 is 0 Å². The number of alkyl halides is 3. The fourth-order valence-electron chi connectivity index (χ4n) is 7.60. The highest BCUT2D eigenvalue weighted by atomic mass is 32.2. The highest BCUT2D eigenvalue weighted by Crippen LogP contribution is 2.34. The number of benzene rings is 3. The van der Waals surface area contributed by atoms with Gasteiger partial charge in [0.05, 0.1) is 51.1 Å². The molecule has 1 amide bonds. The molecular formula is C39H42F3N7O5S. The second-order valence-electron chi connectivity index (χ2n) is 13.7. The summed E-state index contributed by atoms with van der Waals surface area (Å²) in [5, 5.41) is 16.7. The average molecular weight is 778 g/mol. The molecule has 0 saturated heterocycles. The fourth-order valence-corrected chi connectivity index (χ4v) is 8.43. The van der Waals surface area contributed by atoms with Crippen LogP contribution in [0.3, 0.4) is 0 Å². The van der Waals surface area contributed by atoms with Crippen molar-refractivity contribution in [2.45, 2.75) is 83.3 Å². The molecule has 6 rings (SSSR count). The zero-order valence-corrected chi connectivity index (χ0v) is 31.6. The van der Waals surface area contributed by atoms with Crippen LogP contribution >= 0.6 is 0 Å². The first kappa shape index (κ1) is 40.7. The topological polar surface area (TPSA) is 187 Å². The van der Waals surface area contributed by atoms with Crippen molar-refractivity contribution in [3.05, 3.63) is 116 Å². The standard InChI is InChI=1S/C39H39F3N6O5S.H3N/c1-5-33-23(2)24(3)35(54(51,52)53)20-28(33)19-26-9-13-30(14-10-26)45-37(49)47-36(34-17-18-44-48(34)31-15-11-27(22-43)12-16-31)25(4)46(38(47)50)32-8-6-7-29(21-32)39(40,41)42;/h6-8,11-12,15-18,20-21,26,30H,5,9-10,13-14,19H2,1-4H3,(H,45,49)(H,51,52,53);1H3/t26-,30+;. The van der Waals surface area contributed by atoms with Crippen molar-refractivity contribution < 1.29 is 30.9 Å². The van der Waals surface area contributed by atoms with Crippen LogP contribution < -0.4 is 17.2 Å². The van der Waals surface area contributed by atoms with Crippen molar-refractivity contribution in [1.82, 2.24) is 30.4 Å². The van der Waals surface area contributed by atoms with Gasteiger partial charge in [-0.3, -0.25) is 9.12 Å². The summed E-state index contributed by atoms with van der Waals surface area (Å²) in [6.07, 6.45) is 0.608. The summed E-state index contributed by atoms with van der Waals surface area (Å²) in [6.45, 7) is 7.09. The molecule has 0 bridgehead atoms. The molecule has 1 saturated carbocycles. The number of nitrogens with one attached hydrogen (secondary N) is 1. The molecule has 1 aliphatic carbocycles. The number of amides is 1. The average Bonchev–Trinajstić information content (AvgIpc) is 3.71. The highest BCUT2D eigenvalue weighted by molar-refractivity contribution is 7.85. The number of halogens is 3. The number of carbonyl (C=O) groups is 1. The van der Waals surface area contributed by atoms with E-state index in [9.17, 15) is 41.0 Å². The Hall–Kier alpha value is -5.50. The number of nitrogens with zero attached hydrogens (tertiary/aromatic N) is 5. The molecule has 0 unspecified atom stereocenters. The minimum atomic E-state index is -4.67. The van der Waals surface area contributed by atoms with E-state index in [0.717, 1.165) is 38.0 Å². The van der Waals surface area contributed by atoms with Gasteiger partial charge in [-0.2, -0.15) is 31.9 Å². The molecule has 5 aromatic rings. The molecule has 16 heteroatoms. The zero-order chi connectivity index (χ0) is 39.1. The van der Waals surface area contributed by atoms with Gasteiger partial charge >= 0.3 is 17.9 Å². The number of aromatic nitrogens is 4. The van der Waals surface area contributed by atoms with Crippen molar-refractivity contribution in [2.75, 3.05) is 0 Å². The van der Waals surface area contributed by atoms with Gasteiger partial charge in [0.2, 0.25) is 0 Å². The molecule has 2 heterocycles. The lowest BCUT2D eigenvalue weighted by atomic mass is 9.80. The minimum Gasteiger partial charge on any atom is -0.344 e. The van der Waals surface area contributed by atoms with Crippen LogP contribution in [0.1, 0.15) is 71.7 Å². The number of rotatable bonds is 8. The van der Waals surface area contributed by atoms with Crippen molar-refractivity contribution in [3.63, 3.8) is 0 Å². The number of hydrogen-bond acceptors (Lipinski definition) is 7. The SMILES string of the molecule is CCc1c(C[C@H]2CC[C@@H](NC(=O)n3c(-c4ccnn4-c4ccc(C#N)cc4)c(C)n(-c4cccc(C(F)(F)F)c4)c3=O)CC2)cc(S(=O)(=O)O)c(C)c1C.N. The summed E-state index contributed by atoms with van der Waals surface area (Å²) >= 11 is 0. The number of imidazole rings is 1. The van der Waals surface area contributed by atoms with Crippen LogP contribution in [0.15, 0.2) is 76.6 Å². The van der Waals surface area contributed by atoms with E-state index in [1.54, 1.807) is 50.2 Å². The Kier molecular flexibility index (Phi) is 11.6. The number of carbonyl (C=O) groups excluding carboxylic acids is 1. The summed E-state index contributed by atoms with van der Waals surface area (Å²) < 4.78 is 78.8. The molecule has 0 aliphatic heterocycles. The van der Waals surface area contributed by atoms with Gasteiger partial charge in [-0.1, -0.05) is 13.0 Å². The van der Waals surface area contributed by atoms with Crippen LogP contribution in [-0.4, -0.2) is 44.0 Å². The molecule has 2 aromatic heterocycles. The lowest BCUT2D eigenvalue weighted by Crippen LogP contribution is -2.44. The molecule has 12 nitrogen and oxygen atoms in total. The maximum atomic E-state index is 14.2. The predicted molar refractivity (Wildman–Crippen MR) is 201 cm³/mol. The number of hydrogen-bond donors (Lipinski definition) is 3. The normalized spacial score (nSPS) is 16.0. The van der Waals surface area contributed by atoms with E-state index in [1.165, 1.54) is 23.0 Å². The third-order valence-corrected chi connectivity index (χ3v) is 11.4. The van der Waals surface area contributed by atoms with Gasteiger partial charge < -0.3 is 11.5 Å². The first-order chi connectivity index (χ1) is 25.5. The lowest BCUT2D eigenvalue weighted by molar-refractivity contribution is -0.137. The molecule has 5 N–H and O–H groups in total. The predicted octanol–water partition coefficient (Wildman–Crippen LogP) is 7.64. The smallest absolute Gasteiger partial charge is 0.344 e. The van der Waals surface area contributed by atoms with Gasteiger partial charge in [-0.25, -0.2) is 18.8 Å². The first-order valence-corrected chi connectivity index (χ1v) is 18.9. The summed E-state index contributed by atoms with van der Waals surface area (Å²) in [5.41, 5.74) is 2.97. The summed E-state index contributed by atoms with van der Waals surface area (Å²) in [5.74, 6) is 0.170. The second-order valence-corrected chi connectivity index (χ2v) is 15.1. The maximum absolute atomic E-state index is 14.2. The summed E-state index contributed by atoms with van der Waals surface area (Å²) in [4.78, 5) is 28.3. The van der Waals surface area contributed by atoms with Gasteiger partial charge in [0.25, 0.3) is 10.1 Å². The highest BCUT2D eigenvalue weighted by Gasteiger charge is 2.33. The maximum Gasteiger partial charge on any atom is 0.416 e. The van der Waals surface area contributed by atoms with Gasteiger partial charge in [0, 0.05) is 6.04 Å². The van der Waals surface area contributed by atoms with Crippen molar-refractivity contribution in [3.8, 4) is 28.8 Å². The Bertz CT molecular complexity index is 2450. The molecule has 1 aliphatic rings. The summed E-state index contributed by atoms with van der Waals surface area (Å²) in [6, 6.07) is 15.0. The van der Waals surface area contributed by atoms with Gasteiger partial charge in [-0.15, -0.1) is 0 Å². The Morgan fingerprint density at radius 2 is 1.67 bits per heavy atom. The number of nitriles is 1. The molecule has 290 valence electrons.